The molecule has 1 atom stereocenters. The Kier molecular flexibility index (Phi) is 5.69. The fraction of sp³-hybridized carbons (Fsp3) is 0.917. The molecule has 0 aromatic carbocycles. The van der Waals surface area contributed by atoms with E-state index in [2.05, 4.69) is 11.8 Å². The molecule has 1 saturated heterocycles. The van der Waals surface area contributed by atoms with Gasteiger partial charge < -0.3 is 9.64 Å². The highest BCUT2D eigenvalue weighted by molar-refractivity contribution is 5.69. The summed E-state index contributed by atoms with van der Waals surface area (Å²) in [4.78, 5) is 13.6. The summed E-state index contributed by atoms with van der Waals surface area (Å²) in [6, 6.07) is 0. The van der Waals surface area contributed by atoms with Crippen LogP contribution >= 0.6 is 0 Å². The van der Waals surface area contributed by atoms with Gasteiger partial charge in [0.1, 0.15) is 0 Å². The van der Waals surface area contributed by atoms with Crippen LogP contribution in [-0.2, 0) is 9.53 Å². The molecule has 0 aromatic heterocycles. The number of carbonyl (C=O) groups is 1. The van der Waals surface area contributed by atoms with Crippen molar-refractivity contribution in [3.8, 4) is 0 Å². The molecule has 1 unspecified atom stereocenters. The Hall–Kier alpha value is -0.570. The topological polar surface area (TPSA) is 29.5 Å². The highest BCUT2D eigenvalue weighted by Gasteiger charge is 2.15. The van der Waals surface area contributed by atoms with Crippen molar-refractivity contribution in [3.05, 3.63) is 0 Å². The second kappa shape index (κ2) is 6.83. The van der Waals surface area contributed by atoms with Crippen molar-refractivity contribution in [1.82, 2.24) is 4.90 Å². The van der Waals surface area contributed by atoms with E-state index < -0.39 is 0 Å². The lowest BCUT2D eigenvalue weighted by Gasteiger charge is -2.30. The minimum atomic E-state index is -0.0532. The lowest BCUT2D eigenvalue weighted by Crippen LogP contribution is -2.35. The van der Waals surface area contributed by atoms with Gasteiger partial charge >= 0.3 is 5.97 Å². The zero-order chi connectivity index (χ0) is 11.1. The summed E-state index contributed by atoms with van der Waals surface area (Å²) in [6.45, 7) is 8.10. The van der Waals surface area contributed by atoms with E-state index in [1.165, 1.54) is 25.9 Å². The maximum Gasteiger partial charge on any atom is 0.305 e. The van der Waals surface area contributed by atoms with E-state index in [9.17, 15) is 4.79 Å². The molecule has 1 aliphatic rings. The Morgan fingerprint density at radius 1 is 1.53 bits per heavy atom. The third kappa shape index (κ3) is 5.17. The van der Waals surface area contributed by atoms with Crippen LogP contribution in [-0.4, -0.2) is 37.1 Å². The van der Waals surface area contributed by atoms with Crippen molar-refractivity contribution in [1.29, 1.82) is 0 Å². The number of nitrogens with zero attached hydrogens (tertiary/aromatic N) is 1. The van der Waals surface area contributed by atoms with Crippen molar-refractivity contribution in [2.45, 2.75) is 39.5 Å². The second-order valence-corrected chi connectivity index (χ2v) is 4.46. The molecule has 0 amide bonds. The number of rotatable bonds is 5. The molecular formula is C12H23NO2. The SMILES string of the molecule is CCOC(=O)CCCN1CCCC(C)C1. The first-order valence-corrected chi connectivity index (χ1v) is 6.10. The fourth-order valence-electron chi connectivity index (χ4n) is 2.17. The van der Waals surface area contributed by atoms with E-state index in [4.69, 9.17) is 4.74 Å². The van der Waals surface area contributed by atoms with E-state index >= 15 is 0 Å². The Morgan fingerprint density at radius 2 is 2.33 bits per heavy atom. The van der Waals surface area contributed by atoms with Crippen LogP contribution in [0.1, 0.15) is 39.5 Å². The van der Waals surface area contributed by atoms with Crippen LogP contribution in [0.4, 0.5) is 0 Å². The quantitative estimate of drug-likeness (QED) is 0.655. The van der Waals surface area contributed by atoms with Gasteiger partial charge in [0, 0.05) is 13.0 Å². The molecule has 0 aromatic rings. The van der Waals surface area contributed by atoms with Gasteiger partial charge in [-0.15, -0.1) is 0 Å². The molecule has 15 heavy (non-hydrogen) atoms. The Bertz CT molecular complexity index is 194. The lowest BCUT2D eigenvalue weighted by atomic mass is 10.0. The third-order valence-corrected chi connectivity index (χ3v) is 2.90. The number of hydrogen-bond donors (Lipinski definition) is 0. The van der Waals surface area contributed by atoms with E-state index in [-0.39, 0.29) is 5.97 Å². The molecule has 1 heterocycles. The normalized spacial score (nSPS) is 22.7. The molecule has 0 spiro atoms. The summed E-state index contributed by atoms with van der Waals surface area (Å²) in [5, 5.41) is 0. The molecule has 0 saturated carbocycles. The van der Waals surface area contributed by atoms with Gasteiger partial charge in [0.15, 0.2) is 0 Å². The molecule has 0 N–H and O–H groups in total. The van der Waals surface area contributed by atoms with Crippen molar-refractivity contribution in [2.75, 3.05) is 26.2 Å². The van der Waals surface area contributed by atoms with Crippen LogP contribution in [0.5, 0.6) is 0 Å². The number of hydrogen-bond acceptors (Lipinski definition) is 3. The molecule has 88 valence electrons. The van der Waals surface area contributed by atoms with Crippen LogP contribution in [0.2, 0.25) is 0 Å². The van der Waals surface area contributed by atoms with Gasteiger partial charge in [-0.1, -0.05) is 6.92 Å². The van der Waals surface area contributed by atoms with Crippen LogP contribution in [0.15, 0.2) is 0 Å². The highest BCUT2D eigenvalue weighted by Crippen LogP contribution is 2.15. The molecule has 3 nitrogen and oxygen atoms in total. The molecule has 0 radical (unpaired) electrons. The third-order valence-electron chi connectivity index (χ3n) is 2.90. The zero-order valence-corrected chi connectivity index (χ0v) is 10.00. The number of carbonyl (C=O) groups excluding carboxylic acids is 1. The number of ether oxygens (including phenoxy) is 1. The summed E-state index contributed by atoms with van der Waals surface area (Å²) in [6.07, 6.45) is 4.17. The molecule has 0 bridgehead atoms. The van der Waals surface area contributed by atoms with Gasteiger partial charge in [0.25, 0.3) is 0 Å². The average molecular weight is 213 g/mol. The summed E-state index contributed by atoms with van der Waals surface area (Å²) in [7, 11) is 0. The maximum absolute atomic E-state index is 11.1. The average Bonchev–Trinajstić information content (AvgIpc) is 2.18. The van der Waals surface area contributed by atoms with Crippen LogP contribution in [0.3, 0.4) is 0 Å². The van der Waals surface area contributed by atoms with E-state index in [1.54, 1.807) is 0 Å². The molecule has 0 aliphatic carbocycles. The minimum Gasteiger partial charge on any atom is -0.466 e. The van der Waals surface area contributed by atoms with Crippen molar-refractivity contribution in [3.63, 3.8) is 0 Å². The van der Waals surface area contributed by atoms with Crippen molar-refractivity contribution in [2.24, 2.45) is 5.92 Å². The molecular weight excluding hydrogens is 190 g/mol. The van der Waals surface area contributed by atoms with Gasteiger partial charge in [-0.2, -0.15) is 0 Å². The predicted molar refractivity (Wildman–Crippen MR) is 60.7 cm³/mol. The van der Waals surface area contributed by atoms with Crippen LogP contribution < -0.4 is 0 Å². The zero-order valence-electron chi connectivity index (χ0n) is 10.00. The fourth-order valence-corrected chi connectivity index (χ4v) is 2.17. The van der Waals surface area contributed by atoms with Crippen molar-refractivity contribution >= 4 is 5.97 Å². The Balaban J connectivity index is 2.06. The Morgan fingerprint density at radius 3 is 3.00 bits per heavy atom. The second-order valence-electron chi connectivity index (χ2n) is 4.46. The van der Waals surface area contributed by atoms with Crippen LogP contribution in [0, 0.1) is 5.92 Å². The largest absolute Gasteiger partial charge is 0.466 e. The molecule has 1 aliphatic heterocycles. The van der Waals surface area contributed by atoms with Gasteiger partial charge in [-0.3, -0.25) is 4.79 Å². The first-order valence-electron chi connectivity index (χ1n) is 6.10. The van der Waals surface area contributed by atoms with E-state index in [1.807, 2.05) is 6.92 Å². The molecule has 3 heteroatoms. The number of likely N-dealkylation sites (tertiary alicyclic amines) is 1. The minimum absolute atomic E-state index is 0.0532. The summed E-state index contributed by atoms with van der Waals surface area (Å²) in [5.74, 6) is 0.768. The van der Waals surface area contributed by atoms with Crippen molar-refractivity contribution < 1.29 is 9.53 Å². The monoisotopic (exact) mass is 213 g/mol. The first kappa shape index (κ1) is 12.5. The van der Waals surface area contributed by atoms with E-state index in [0.717, 1.165) is 18.9 Å². The van der Waals surface area contributed by atoms with Gasteiger partial charge in [0.2, 0.25) is 0 Å². The lowest BCUT2D eigenvalue weighted by molar-refractivity contribution is -0.143. The molecule has 1 rings (SSSR count). The summed E-state index contributed by atoms with van der Waals surface area (Å²) in [5.41, 5.74) is 0. The number of piperidine rings is 1. The van der Waals surface area contributed by atoms with Gasteiger partial charge in [0.05, 0.1) is 6.61 Å². The predicted octanol–water partition coefficient (Wildman–Crippen LogP) is 2.06. The van der Waals surface area contributed by atoms with E-state index in [0.29, 0.717) is 13.0 Å². The van der Waals surface area contributed by atoms with Gasteiger partial charge in [-0.25, -0.2) is 0 Å². The number of esters is 1. The summed E-state index contributed by atoms with van der Waals surface area (Å²) >= 11 is 0. The molecule has 1 fully saturated rings. The maximum atomic E-state index is 11.1. The first-order chi connectivity index (χ1) is 7.22. The van der Waals surface area contributed by atoms with Crippen LogP contribution in [0.25, 0.3) is 0 Å². The Labute approximate surface area is 92.8 Å². The highest BCUT2D eigenvalue weighted by atomic mass is 16.5. The van der Waals surface area contributed by atoms with Gasteiger partial charge in [-0.05, 0) is 45.2 Å². The standard InChI is InChI=1S/C12H23NO2/c1-3-15-12(14)7-5-9-13-8-4-6-11(2)10-13/h11H,3-10H2,1-2H3. The smallest absolute Gasteiger partial charge is 0.305 e. The summed E-state index contributed by atoms with van der Waals surface area (Å²) < 4.78 is 4.89.